The lowest BCUT2D eigenvalue weighted by molar-refractivity contribution is -0.162. The van der Waals surface area contributed by atoms with Crippen molar-refractivity contribution >= 4 is 11.9 Å². The zero-order valence-electron chi connectivity index (χ0n) is 16.9. The smallest absolute Gasteiger partial charge is 0.311 e. The van der Waals surface area contributed by atoms with Gasteiger partial charge in [-0.15, -0.1) is 0 Å². The first kappa shape index (κ1) is 22.9. The summed E-state index contributed by atoms with van der Waals surface area (Å²) >= 11 is 0. The van der Waals surface area contributed by atoms with Crippen LogP contribution in [0.4, 0.5) is 0 Å². The maximum atomic E-state index is 12.5. The lowest BCUT2D eigenvalue weighted by atomic mass is 9.67. The van der Waals surface area contributed by atoms with Crippen molar-refractivity contribution in [2.75, 3.05) is 14.2 Å². The molecule has 24 heavy (non-hydrogen) atoms. The van der Waals surface area contributed by atoms with E-state index in [0.29, 0.717) is 18.8 Å². The van der Waals surface area contributed by atoms with Crippen molar-refractivity contribution in [3.8, 4) is 0 Å². The monoisotopic (exact) mass is 342 g/mol. The zero-order valence-corrected chi connectivity index (χ0v) is 16.9. The summed E-state index contributed by atoms with van der Waals surface area (Å²) in [5.41, 5.74) is -1.33. The minimum Gasteiger partial charge on any atom is -0.469 e. The predicted molar refractivity (Wildman–Crippen MR) is 97.7 cm³/mol. The van der Waals surface area contributed by atoms with Crippen molar-refractivity contribution in [2.24, 2.45) is 16.7 Å². The number of hydrogen-bond donors (Lipinski definition) is 0. The van der Waals surface area contributed by atoms with Crippen LogP contribution in [0.3, 0.4) is 0 Å². The molecule has 0 aliphatic rings. The summed E-state index contributed by atoms with van der Waals surface area (Å²) in [5.74, 6) is -0.116. The molecule has 0 heterocycles. The molecule has 0 aliphatic carbocycles. The highest BCUT2D eigenvalue weighted by Gasteiger charge is 2.45. The van der Waals surface area contributed by atoms with E-state index < -0.39 is 10.8 Å². The molecule has 0 spiro atoms. The molecule has 0 aromatic heterocycles. The van der Waals surface area contributed by atoms with Crippen molar-refractivity contribution in [1.29, 1.82) is 0 Å². The second-order valence-electron chi connectivity index (χ2n) is 8.04. The average molecular weight is 343 g/mol. The van der Waals surface area contributed by atoms with Gasteiger partial charge in [0.25, 0.3) is 0 Å². The summed E-state index contributed by atoms with van der Waals surface area (Å²) in [6.07, 6.45) is 7.60. The van der Waals surface area contributed by atoms with Crippen LogP contribution in [0, 0.1) is 16.7 Å². The van der Waals surface area contributed by atoms with Crippen LogP contribution < -0.4 is 0 Å². The number of carbonyl (C=O) groups excluding carboxylic acids is 2. The molecule has 2 atom stereocenters. The van der Waals surface area contributed by atoms with Gasteiger partial charge in [0.05, 0.1) is 25.0 Å². The molecule has 4 heteroatoms. The molecule has 4 nitrogen and oxygen atoms in total. The normalized spacial score (nSPS) is 16.3. The maximum Gasteiger partial charge on any atom is 0.311 e. The van der Waals surface area contributed by atoms with Crippen LogP contribution in [-0.2, 0) is 19.1 Å². The molecule has 0 aromatic carbocycles. The molecule has 0 aromatic rings. The Balaban J connectivity index is 5.18. The van der Waals surface area contributed by atoms with Gasteiger partial charge >= 0.3 is 11.9 Å². The Kier molecular flexibility index (Phi) is 10.3. The third kappa shape index (κ3) is 7.23. The number of ether oxygens (including phenoxy) is 2. The highest BCUT2D eigenvalue weighted by Crippen LogP contribution is 2.43. The highest BCUT2D eigenvalue weighted by atomic mass is 16.5. The number of hydrogen-bond acceptors (Lipinski definition) is 4. The molecule has 142 valence electrons. The lowest BCUT2D eigenvalue weighted by Crippen LogP contribution is -2.40. The molecule has 0 amide bonds. The topological polar surface area (TPSA) is 52.6 Å². The van der Waals surface area contributed by atoms with Gasteiger partial charge in [-0.3, -0.25) is 9.59 Å². The van der Waals surface area contributed by atoms with Gasteiger partial charge in [0.15, 0.2) is 0 Å². The number of rotatable bonds is 12. The largest absolute Gasteiger partial charge is 0.469 e. The molecule has 0 saturated heterocycles. The quantitative estimate of drug-likeness (QED) is 0.364. The van der Waals surface area contributed by atoms with Crippen LogP contribution in [0.1, 0.15) is 86.0 Å². The van der Waals surface area contributed by atoms with Crippen LogP contribution in [0.2, 0.25) is 0 Å². The van der Waals surface area contributed by atoms with E-state index in [-0.39, 0.29) is 11.9 Å². The molecule has 0 aliphatic heterocycles. The molecule has 0 fully saturated rings. The first-order valence-electron chi connectivity index (χ1n) is 9.32. The first-order valence-corrected chi connectivity index (χ1v) is 9.32. The maximum absolute atomic E-state index is 12.5. The van der Waals surface area contributed by atoms with E-state index in [9.17, 15) is 9.59 Å². The van der Waals surface area contributed by atoms with E-state index in [4.69, 9.17) is 9.47 Å². The van der Waals surface area contributed by atoms with Gasteiger partial charge in [-0.25, -0.2) is 0 Å². The van der Waals surface area contributed by atoms with Crippen LogP contribution in [0.15, 0.2) is 0 Å². The fourth-order valence-electron chi connectivity index (χ4n) is 3.86. The highest BCUT2D eigenvalue weighted by molar-refractivity contribution is 5.80. The van der Waals surface area contributed by atoms with E-state index in [0.717, 1.165) is 19.3 Å². The Morgan fingerprint density at radius 1 is 0.875 bits per heavy atom. The molecule has 2 unspecified atom stereocenters. The van der Waals surface area contributed by atoms with Crippen LogP contribution >= 0.6 is 0 Å². The number of esters is 2. The molecule has 0 N–H and O–H groups in total. The van der Waals surface area contributed by atoms with Gasteiger partial charge in [0.2, 0.25) is 0 Å². The van der Waals surface area contributed by atoms with Crippen molar-refractivity contribution < 1.29 is 19.1 Å². The summed E-state index contributed by atoms with van der Waals surface area (Å²) in [6.45, 7) is 10.2. The Bertz CT molecular complexity index is 391. The second-order valence-corrected chi connectivity index (χ2v) is 8.04. The summed E-state index contributed by atoms with van der Waals surface area (Å²) in [6, 6.07) is 0. The lowest BCUT2D eigenvalue weighted by Gasteiger charge is -2.37. The molecule has 0 bridgehead atoms. The second kappa shape index (κ2) is 10.7. The van der Waals surface area contributed by atoms with Crippen molar-refractivity contribution in [3.63, 3.8) is 0 Å². The molecule has 0 rings (SSSR count). The fraction of sp³-hybridized carbons (Fsp3) is 0.900. The van der Waals surface area contributed by atoms with Gasteiger partial charge in [-0.2, -0.15) is 0 Å². The predicted octanol–water partition coefficient (Wildman–Crippen LogP) is 5.14. The fourth-order valence-corrected chi connectivity index (χ4v) is 3.86. The van der Waals surface area contributed by atoms with Crippen LogP contribution in [0.5, 0.6) is 0 Å². The van der Waals surface area contributed by atoms with Gasteiger partial charge < -0.3 is 9.47 Å². The molecular formula is C20H38O4. The molecular weight excluding hydrogens is 304 g/mol. The Hall–Kier alpha value is -1.06. The van der Waals surface area contributed by atoms with E-state index in [2.05, 4.69) is 20.8 Å². The summed E-state index contributed by atoms with van der Waals surface area (Å²) in [7, 11) is 2.84. The van der Waals surface area contributed by atoms with Crippen LogP contribution in [-0.4, -0.2) is 26.2 Å². The Morgan fingerprint density at radius 2 is 1.38 bits per heavy atom. The van der Waals surface area contributed by atoms with E-state index in [1.807, 2.05) is 13.8 Å². The Morgan fingerprint density at radius 3 is 1.83 bits per heavy atom. The van der Waals surface area contributed by atoms with E-state index in [1.165, 1.54) is 33.5 Å². The Labute approximate surface area is 148 Å². The summed E-state index contributed by atoms with van der Waals surface area (Å²) in [5, 5.41) is 0. The molecule has 0 radical (unpaired) electrons. The standard InChI is InChI=1S/C20H38O4/c1-8-9-10-11-12-13-19(4,17(21)23-6)15-20(5,14-16(2)3)18(22)24-7/h16H,8-15H2,1-7H3. The first-order chi connectivity index (χ1) is 11.1. The number of unbranched alkanes of at least 4 members (excludes halogenated alkanes) is 4. The third-order valence-electron chi connectivity index (χ3n) is 4.83. The van der Waals surface area contributed by atoms with Gasteiger partial charge in [-0.05, 0) is 39.0 Å². The number of carbonyl (C=O) groups is 2. The minimum atomic E-state index is -0.671. The number of methoxy groups -OCH3 is 2. The van der Waals surface area contributed by atoms with E-state index >= 15 is 0 Å². The average Bonchev–Trinajstić information content (AvgIpc) is 2.51. The van der Waals surface area contributed by atoms with Crippen molar-refractivity contribution in [3.05, 3.63) is 0 Å². The van der Waals surface area contributed by atoms with Gasteiger partial charge in [0, 0.05) is 0 Å². The van der Waals surface area contributed by atoms with Crippen molar-refractivity contribution in [2.45, 2.75) is 86.0 Å². The third-order valence-corrected chi connectivity index (χ3v) is 4.83. The minimum absolute atomic E-state index is 0.225. The zero-order chi connectivity index (χ0) is 18.8. The van der Waals surface area contributed by atoms with Gasteiger partial charge in [-0.1, -0.05) is 52.9 Å². The van der Waals surface area contributed by atoms with Gasteiger partial charge in [0.1, 0.15) is 0 Å². The SMILES string of the molecule is CCCCCCCC(C)(CC(C)(CC(C)C)C(=O)OC)C(=O)OC. The molecule has 0 saturated carbocycles. The summed E-state index contributed by atoms with van der Waals surface area (Å²) < 4.78 is 10.1. The van der Waals surface area contributed by atoms with E-state index in [1.54, 1.807) is 0 Å². The van der Waals surface area contributed by atoms with Crippen LogP contribution in [0.25, 0.3) is 0 Å². The summed E-state index contributed by atoms with van der Waals surface area (Å²) in [4.78, 5) is 24.9. The van der Waals surface area contributed by atoms with Crippen molar-refractivity contribution in [1.82, 2.24) is 0 Å².